The Morgan fingerprint density at radius 1 is 1.25 bits per heavy atom. The number of unbranched alkanes of at least 4 members (excludes halogenated alkanes) is 2. The van der Waals surface area contributed by atoms with Crippen LogP contribution in [0.4, 0.5) is 0 Å². The summed E-state index contributed by atoms with van der Waals surface area (Å²) in [4.78, 5) is 11.1. The maximum atomic E-state index is 11.1. The molecule has 0 aromatic rings. The lowest BCUT2D eigenvalue weighted by molar-refractivity contribution is -0.165. The second-order valence-corrected chi connectivity index (χ2v) is 2.97. The molecule has 0 unspecified atom stereocenters. The number of hydrogen-bond acceptors (Lipinski definition) is 2. The van der Waals surface area contributed by atoms with Gasteiger partial charge in [0.2, 0.25) is 5.91 Å². The van der Waals surface area contributed by atoms with Gasteiger partial charge in [0.1, 0.15) is 0 Å². The number of hydrogen-bond donors (Lipinski definition) is 1. The minimum absolute atomic E-state index is 0.148. The highest BCUT2D eigenvalue weighted by atomic mass is 16.5. The van der Waals surface area contributed by atoms with Gasteiger partial charge in [-0.2, -0.15) is 0 Å². The fourth-order valence-electron chi connectivity index (χ4n) is 0.890. The highest BCUT2D eigenvalue weighted by Gasteiger charge is 2.08. The first-order valence-electron chi connectivity index (χ1n) is 4.71. The predicted molar refractivity (Wildman–Crippen MR) is 47.9 cm³/mol. The van der Waals surface area contributed by atoms with Gasteiger partial charge in [-0.05, 0) is 12.8 Å². The lowest BCUT2D eigenvalue weighted by Gasteiger charge is -2.13. The zero-order chi connectivity index (χ0) is 9.40. The van der Waals surface area contributed by atoms with E-state index in [9.17, 15) is 4.79 Å². The van der Waals surface area contributed by atoms with Crippen molar-refractivity contribution in [3.05, 3.63) is 0 Å². The lowest BCUT2D eigenvalue weighted by Crippen LogP contribution is -2.27. The Kier molecular flexibility index (Phi) is 6.76. The molecule has 1 N–H and O–H groups in total. The van der Waals surface area contributed by atoms with Crippen molar-refractivity contribution < 1.29 is 10.0 Å². The first kappa shape index (κ1) is 11.4. The third kappa shape index (κ3) is 5.13. The Bertz CT molecular complexity index is 126. The quantitative estimate of drug-likeness (QED) is 0.494. The summed E-state index contributed by atoms with van der Waals surface area (Å²) in [5.41, 5.74) is 0. The van der Waals surface area contributed by atoms with Crippen LogP contribution < -0.4 is 0 Å². The lowest BCUT2D eigenvalue weighted by atomic mass is 10.2. The molecular weight excluding hydrogens is 154 g/mol. The molecular formula is C9H19NO2. The number of nitrogens with zero attached hydrogens (tertiary/aromatic N) is 1. The summed E-state index contributed by atoms with van der Waals surface area (Å²) < 4.78 is 0. The van der Waals surface area contributed by atoms with Crippen LogP contribution in [0.2, 0.25) is 0 Å². The molecule has 1 amide bonds. The molecule has 0 heterocycles. The fourth-order valence-corrected chi connectivity index (χ4v) is 0.890. The predicted octanol–water partition coefficient (Wildman–Crippen LogP) is 2.19. The van der Waals surface area contributed by atoms with Crippen LogP contribution in [0.25, 0.3) is 0 Å². The summed E-state index contributed by atoms with van der Waals surface area (Å²) in [6.45, 7) is 4.53. The number of carbonyl (C=O) groups is 1. The largest absolute Gasteiger partial charge is 0.286 e. The minimum atomic E-state index is -0.148. The van der Waals surface area contributed by atoms with Gasteiger partial charge in [-0.3, -0.25) is 10.0 Å². The third-order valence-electron chi connectivity index (χ3n) is 1.76. The van der Waals surface area contributed by atoms with Crippen molar-refractivity contribution in [3.8, 4) is 0 Å². The summed E-state index contributed by atoms with van der Waals surface area (Å²) in [5, 5.41) is 10.0. The molecule has 3 nitrogen and oxygen atoms in total. The van der Waals surface area contributed by atoms with E-state index in [1.807, 2.05) is 13.8 Å². The average Bonchev–Trinajstić information content (AvgIpc) is 2.10. The highest BCUT2D eigenvalue weighted by Crippen LogP contribution is 1.99. The zero-order valence-electron chi connectivity index (χ0n) is 8.05. The first-order valence-corrected chi connectivity index (χ1v) is 4.71. The van der Waals surface area contributed by atoms with E-state index in [1.54, 1.807) is 0 Å². The van der Waals surface area contributed by atoms with Crippen molar-refractivity contribution in [2.75, 3.05) is 6.54 Å². The van der Waals surface area contributed by atoms with Gasteiger partial charge >= 0.3 is 0 Å². The van der Waals surface area contributed by atoms with Gasteiger partial charge in [-0.25, -0.2) is 5.06 Å². The van der Waals surface area contributed by atoms with Crippen molar-refractivity contribution in [2.45, 2.75) is 46.0 Å². The van der Waals surface area contributed by atoms with Crippen LogP contribution in [0.15, 0.2) is 0 Å². The summed E-state index contributed by atoms with van der Waals surface area (Å²) >= 11 is 0. The molecule has 0 radical (unpaired) electrons. The van der Waals surface area contributed by atoms with E-state index in [0.29, 0.717) is 13.0 Å². The number of hydroxylamine groups is 2. The Morgan fingerprint density at radius 3 is 2.33 bits per heavy atom. The molecule has 72 valence electrons. The molecule has 0 aromatic carbocycles. The molecule has 0 aliphatic carbocycles. The molecule has 0 spiro atoms. The molecule has 0 aromatic heterocycles. The van der Waals surface area contributed by atoms with Crippen molar-refractivity contribution in [3.63, 3.8) is 0 Å². The van der Waals surface area contributed by atoms with E-state index in [1.165, 1.54) is 0 Å². The van der Waals surface area contributed by atoms with Gasteiger partial charge in [0.05, 0.1) is 0 Å². The van der Waals surface area contributed by atoms with E-state index < -0.39 is 0 Å². The summed E-state index contributed by atoms with van der Waals surface area (Å²) in [6.07, 6.45) is 4.19. The normalized spacial score (nSPS) is 9.92. The third-order valence-corrected chi connectivity index (χ3v) is 1.76. The molecule has 0 aliphatic rings. The van der Waals surface area contributed by atoms with E-state index >= 15 is 0 Å². The van der Waals surface area contributed by atoms with Crippen molar-refractivity contribution in [1.82, 2.24) is 5.06 Å². The molecule has 0 aliphatic heterocycles. The molecule has 0 saturated heterocycles. The molecule has 12 heavy (non-hydrogen) atoms. The van der Waals surface area contributed by atoms with Crippen molar-refractivity contribution in [2.24, 2.45) is 0 Å². The Labute approximate surface area is 74.3 Å². The van der Waals surface area contributed by atoms with Crippen LogP contribution in [0, 0.1) is 0 Å². The number of rotatable bonds is 6. The van der Waals surface area contributed by atoms with Gasteiger partial charge in [0, 0.05) is 13.0 Å². The fraction of sp³-hybridized carbons (Fsp3) is 0.889. The number of amides is 1. The zero-order valence-corrected chi connectivity index (χ0v) is 8.05. The SMILES string of the molecule is CCCCC(=O)N(O)CCCC. The Morgan fingerprint density at radius 2 is 1.83 bits per heavy atom. The first-order chi connectivity index (χ1) is 5.72. The van der Waals surface area contributed by atoms with Gasteiger partial charge in [-0.15, -0.1) is 0 Å². The van der Waals surface area contributed by atoms with E-state index in [-0.39, 0.29) is 5.91 Å². The molecule has 0 atom stereocenters. The molecule has 3 heteroatoms. The summed E-state index contributed by atoms with van der Waals surface area (Å²) in [6, 6.07) is 0. The summed E-state index contributed by atoms with van der Waals surface area (Å²) in [5.74, 6) is -0.148. The smallest absolute Gasteiger partial charge is 0.245 e. The van der Waals surface area contributed by atoms with Crippen LogP contribution in [-0.4, -0.2) is 22.7 Å². The minimum Gasteiger partial charge on any atom is -0.286 e. The van der Waals surface area contributed by atoms with Crippen LogP contribution >= 0.6 is 0 Å². The maximum absolute atomic E-state index is 11.1. The molecule has 0 bridgehead atoms. The Balaban J connectivity index is 3.47. The topological polar surface area (TPSA) is 40.5 Å². The van der Waals surface area contributed by atoms with Gasteiger partial charge in [0.15, 0.2) is 0 Å². The Hall–Kier alpha value is -0.570. The molecule has 0 rings (SSSR count). The van der Waals surface area contributed by atoms with Crippen LogP contribution in [-0.2, 0) is 4.79 Å². The maximum Gasteiger partial charge on any atom is 0.245 e. The summed E-state index contributed by atoms with van der Waals surface area (Å²) in [7, 11) is 0. The van der Waals surface area contributed by atoms with E-state index in [0.717, 1.165) is 30.7 Å². The monoisotopic (exact) mass is 173 g/mol. The van der Waals surface area contributed by atoms with Gasteiger partial charge < -0.3 is 0 Å². The van der Waals surface area contributed by atoms with Crippen molar-refractivity contribution in [1.29, 1.82) is 0 Å². The van der Waals surface area contributed by atoms with Gasteiger partial charge in [-0.1, -0.05) is 26.7 Å². The standard InChI is InChI=1S/C9H19NO2/c1-3-5-7-9(11)10(12)8-6-4-2/h12H,3-8H2,1-2H3. The highest BCUT2D eigenvalue weighted by molar-refractivity contribution is 5.74. The second-order valence-electron chi connectivity index (χ2n) is 2.97. The average molecular weight is 173 g/mol. The van der Waals surface area contributed by atoms with Crippen LogP contribution in [0.3, 0.4) is 0 Å². The van der Waals surface area contributed by atoms with Crippen LogP contribution in [0.1, 0.15) is 46.0 Å². The van der Waals surface area contributed by atoms with Crippen LogP contribution in [0.5, 0.6) is 0 Å². The molecule has 0 saturated carbocycles. The number of carbonyl (C=O) groups excluding carboxylic acids is 1. The van der Waals surface area contributed by atoms with Gasteiger partial charge in [0.25, 0.3) is 0 Å². The second kappa shape index (κ2) is 7.10. The van der Waals surface area contributed by atoms with E-state index in [4.69, 9.17) is 5.21 Å². The van der Waals surface area contributed by atoms with E-state index in [2.05, 4.69) is 0 Å². The molecule has 0 fully saturated rings. The van der Waals surface area contributed by atoms with Crippen molar-refractivity contribution >= 4 is 5.91 Å².